The lowest BCUT2D eigenvalue weighted by atomic mass is 10.0. The third-order valence-corrected chi connectivity index (χ3v) is 3.42. The van der Waals surface area contributed by atoms with Crippen LogP contribution in [0.4, 0.5) is 13.2 Å². The van der Waals surface area contributed by atoms with E-state index in [1.54, 1.807) is 24.5 Å². The molecule has 2 nitrogen and oxygen atoms in total. The molecule has 0 saturated heterocycles. The van der Waals surface area contributed by atoms with Crippen LogP contribution in [0.2, 0.25) is 0 Å². The molecule has 2 rings (SSSR count). The van der Waals surface area contributed by atoms with Crippen molar-refractivity contribution in [2.75, 3.05) is 0 Å². The molecule has 6 heteroatoms. The van der Waals surface area contributed by atoms with Gasteiger partial charge in [-0.05, 0) is 47.2 Å². The van der Waals surface area contributed by atoms with Gasteiger partial charge in [-0.1, -0.05) is 12.1 Å². The molecule has 1 unspecified atom stereocenters. The van der Waals surface area contributed by atoms with Gasteiger partial charge in [0.15, 0.2) is 0 Å². The zero-order chi connectivity index (χ0) is 14.6. The molecule has 1 heterocycles. The van der Waals surface area contributed by atoms with Crippen LogP contribution in [0.25, 0.3) is 0 Å². The molecule has 1 aromatic heterocycles. The van der Waals surface area contributed by atoms with Gasteiger partial charge in [-0.3, -0.25) is 4.98 Å². The zero-order valence-electron chi connectivity index (χ0n) is 10.3. The van der Waals surface area contributed by atoms with E-state index in [-0.39, 0.29) is 16.7 Å². The van der Waals surface area contributed by atoms with Crippen LogP contribution in [0.3, 0.4) is 0 Å². The van der Waals surface area contributed by atoms with Gasteiger partial charge in [-0.2, -0.15) is 13.2 Å². The van der Waals surface area contributed by atoms with Crippen molar-refractivity contribution in [2.24, 2.45) is 0 Å². The first-order chi connectivity index (χ1) is 9.44. The molecule has 2 aromatic rings. The van der Waals surface area contributed by atoms with Gasteiger partial charge in [0.25, 0.3) is 0 Å². The quantitative estimate of drug-likeness (QED) is 0.867. The molecule has 1 aromatic carbocycles. The van der Waals surface area contributed by atoms with Gasteiger partial charge in [0.2, 0.25) is 0 Å². The van der Waals surface area contributed by atoms with Gasteiger partial charge in [0, 0.05) is 23.7 Å². The number of nitrogens with zero attached hydrogens (tertiary/aromatic N) is 1. The number of pyridine rings is 1. The molecular weight excluding hydrogens is 287 g/mol. The zero-order valence-corrected chi connectivity index (χ0v) is 11.2. The van der Waals surface area contributed by atoms with Crippen LogP contribution < -0.4 is 0 Å². The van der Waals surface area contributed by atoms with Gasteiger partial charge in [0.1, 0.15) is 0 Å². The maximum absolute atomic E-state index is 12.2. The summed E-state index contributed by atoms with van der Waals surface area (Å²) in [7, 11) is 0. The Morgan fingerprint density at radius 1 is 1.05 bits per heavy atom. The maximum atomic E-state index is 12.2. The number of alkyl halides is 3. The van der Waals surface area contributed by atoms with E-state index >= 15 is 0 Å². The normalized spacial score (nSPS) is 13.2. The lowest BCUT2D eigenvalue weighted by Gasteiger charge is -2.12. The van der Waals surface area contributed by atoms with E-state index in [1.807, 2.05) is 0 Å². The van der Waals surface area contributed by atoms with Crippen molar-refractivity contribution in [1.82, 2.24) is 4.98 Å². The Balaban J connectivity index is 2.02. The second kappa shape index (κ2) is 6.28. The van der Waals surface area contributed by atoms with Gasteiger partial charge in [-0.25, -0.2) is 0 Å². The molecule has 0 fully saturated rings. The van der Waals surface area contributed by atoms with Crippen LogP contribution in [0.15, 0.2) is 53.7 Å². The van der Waals surface area contributed by atoms with E-state index in [0.29, 0.717) is 12.0 Å². The van der Waals surface area contributed by atoms with E-state index in [4.69, 9.17) is 0 Å². The first kappa shape index (κ1) is 14.9. The average Bonchev–Trinajstić information content (AvgIpc) is 2.39. The highest BCUT2D eigenvalue weighted by atomic mass is 32.2. The van der Waals surface area contributed by atoms with Crippen molar-refractivity contribution in [3.8, 4) is 0 Å². The molecule has 0 aliphatic rings. The molecule has 20 heavy (non-hydrogen) atoms. The third kappa shape index (κ3) is 4.54. The molecule has 0 aliphatic carbocycles. The van der Waals surface area contributed by atoms with E-state index in [1.165, 1.54) is 24.3 Å². The van der Waals surface area contributed by atoms with E-state index in [0.717, 1.165) is 5.56 Å². The Kier molecular flexibility index (Phi) is 4.67. The van der Waals surface area contributed by atoms with Crippen LogP contribution >= 0.6 is 11.8 Å². The van der Waals surface area contributed by atoms with Crippen molar-refractivity contribution in [1.29, 1.82) is 0 Å². The molecule has 0 aliphatic heterocycles. The topological polar surface area (TPSA) is 33.1 Å². The van der Waals surface area contributed by atoms with Crippen molar-refractivity contribution in [2.45, 2.75) is 22.9 Å². The molecule has 0 radical (unpaired) electrons. The van der Waals surface area contributed by atoms with Crippen LogP contribution in [-0.2, 0) is 6.42 Å². The van der Waals surface area contributed by atoms with E-state index in [2.05, 4.69) is 4.98 Å². The van der Waals surface area contributed by atoms with Crippen LogP contribution in [0.5, 0.6) is 0 Å². The summed E-state index contributed by atoms with van der Waals surface area (Å²) in [5.41, 5.74) is -2.79. The monoisotopic (exact) mass is 299 g/mol. The fourth-order valence-corrected chi connectivity index (χ4v) is 2.29. The van der Waals surface area contributed by atoms with Crippen molar-refractivity contribution in [3.05, 3.63) is 59.9 Å². The summed E-state index contributed by atoms with van der Waals surface area (Å²) in [5, 5.41) is 10.0. The predicted molar refractivity (Wildman–Crippen MR) is 71.3 cm³/mol. The summed E-state index contributed by atoms with van der Waals surface area (Å²) in [6, 6.07) is 9.33. The maximum Gasteiger partial charge on any atom is 0.446 e. The number of hydrogen-bond acceptors (Lipinski definition) is 3. The summed E-state index contributed by atoms with van der Waals surface area (Å²) in [4.78, 5) is 3.99. The summed E-state index contributed by atoms with van der Waals surface area (Å²) in [5.74, 6) is 0. The first-order valence-corrected chi connectivity index (χ1v) is 6.68. The standard InChI is InChI=1S/C14H12F3NOS/c15-14(16,17)20-12-3-1-11(2-4-12)13(19)9-10-5-7-18-8-6-10/h1-8,13,19H,9H2. The van der Waals surface area contributed by atoms with Crippen molar-refractivity contribution in [3.63, 3.8) is 0 Å². The molecule has 1 N–H and O–H groups in total. The average molecular weight is 299 g/mol. The fourth-order valence-electron chi connectivity index (χ4n) is 1.75. The second-order valence-electron chi connectivity index (χ2n) is 4.19. The van der Waals surface area contributed by atoms with E-state index in [9.17, 15) is 18.3 Å². The molecular formula is C14H12F3NOS. The Morgan fingerprint density at radius 3 is 2.20 bits per heavy atom. The first-order valence-electron chi connectivity index (χ1n) is 5.87. The van der Waals surface area contributed by atoms with Gasteiger partial charge >= 0.3 is 5.51 Å². The van der Waals surface area contributed by atoms with E-state index < -0.39 is 11.6 Å². The number of hydrogen-bond donors (Lipinski definition) is 1. The van der Waals surface area contributed by atoms with Crippen molar-refractivity contribution < 1.29 is 18.3 Å². The second-order valence-corrected chi connectivity index (χ2v) is 5.33. The summed E-state index contributed by atoms with van der Waals surface area (Å²) < 4.78 is 36.6. The number of aliphatic hydroxyl groups is 1. The summed E-state index contributed by atoms with van der Waals surface area (Å²) in [6.07, 6.45) is 2.91. The van der Waals surface area contributed by atoms with Crippen LogP contribution in [0.1, 0.15) is 17.2 Å². The molecule has 0 saturated carbocycles. The summed E-state index contributed by atoms with van der Waals surface area (Å²) in [6.45, 7) is 0. The predicted octanol–water partition coefficient (Wildman–Crippen LogP) is 3.97. The Labute approximate surface area is 118 Å². The lowest BCUT2D eigenvalue weighted by molar-refractivity contribution is -0.0328. The Bertz CT molecular complexity index is 543. The number of thioether (sulfide) groups is 1. The molecule has 106 valence electrons. The van der Waals surface area contributed by atoms with Crippen LogP contribution in [0, 0.1) is 0 Å². The SMILES string of the molecule is OC(Cc1ccncc1)c1ccc(SC(F)(F)F)cc1. The number of halogens is 3. The molecule has 0 bridgehead atoms. The minimum atomic E-state index is -4.29. The highest BCUT2D eigenvalue weighted by Gasteiger charge is 2.29. The molecule has 0 spiro atoms. The number of rotatable bonds is 4. The lowest BCUT2D eigenvalue weighted by Crippen LogP contribution is -2.02. The van der Waals surface area contributed by atoms with Gasteiger partial charge in [-0.15, -0.1) is 0 Å². The Morgan fingerprint density at radius 2 is 1.65 bits per heavy atom. The fraction of sp³-hybridized carbons (Fsp3) is 0.214. The Hall–Kier alpha value is -1.53. The molecule has 1 atom stereocenters. The highest BCUT2D eigenvalue weighted by Crippen LogP contribution is 2.37. The summed E-state index contributed by atoms with van der Waals surface area (Å²) >= 11 is -0.165. The number of benzene rings is 1. The largest absolute Gasteiger partial charge is 0.446 e. The number of aromatic nitrogens is 1. The smallest absolute Gasteiger partial charge is 0.388 e. The van der Waals surface area contributed by atoms with Gasteiger partial charge < -0.3 is 5.11 Å². The third-order valence-electron chi connectivity index (χ3n) is 2.68. The van der Waals surface area contributed by atoms with Crippen molar-refractivity contribution >= 4 is 11.8 Å². The van der Waals surface area contributed by atoms with Gasteiger partial charge in [0.05, 0.1) is 6.10 Å². The number of aliphatic hydroxyl groups excluding tert-OH is 1. The minimum absolute atomic E-state index is 0.109. The van der Waals surface area contributed by atoms with Crippen LogP contribution in [-0.4, -0.2) is 15.6 Å². The highest BCUT2D eigenvalue weighted by molar-refractivity contribution is 8.00. The molecule has 0 amide bonds. The minimum Gasteiger partial charge on any atom is -0.388 e.